The van der Waals surface area contributed by atoms with Crippen molar-refractivity contribution in [2.45, 2.75) is 72.1 Å². The van der Waals surface area contributed by atoms with Crippen molar-refractivity contribution in [1.29, 1.82) is 0 Å². The van der Waals surface area contributed by atoms with Gasteiger partial charge in [0.05, 0.1) is 11.2 Å². The molecule has 0 radical (unpaired) electrons. The molecule has 3 nitrogen and oxygen atoms in total. The van der Waals surface area contributed by atoms with Gasteiger partial charge in [0.25, 0.3) is 0 Å². The van der Waals surface area contributed by atoms with E-state index in [2.05, 4.69) is 65.7 Å². The lowest BCUT2D eigenvalue weighted by molar-refractivity contribution is -0.0793. The molecule has 1 heterocycles. The summed E-state index contributed by atoms with van der Waals surface area (Å²) < 4.78 is 6.36. The molecule has 0 aromatic carbocycles. The Hall–Kier alpha value is -0.120. The first-order valence-electron chi connectivity index (χ1n) is 8.26. The van der Waals surface area contributed by atoms with Crippen LogP contribution in [0.3, 0.4) is 0 Å². The Morgan fingerprint density at radius 3 is 2.25 bits per heavy atom. The number of rotatable bonds is 7. The van der Waals surface area contributed by atoms with Gasteiger partial charge in [0.15, 0.2) is 0 Å². The monoisotopic (exact) mass is 284 g/mol. The van der Waals surface area contributed by atoms with Crippen LogP contribution in [0.15, 0.2) is 0 Å². The summed E-state index contributed by atoms with van der Waals surface area (Å²) in [4.78, 5) is 2.48. The molecule has 1 aliphatic heterocycles. The number of likely N-dealkylation sites (N-methyl/N-ethyl adjacent to an activating group) is 1. The molecule has 1 fully saturated rings. The quantitative estimate of drug-likeness (QED) is 0.777. The Morgan fingerprint density at radius 2 is 1.75 bits per heavy atom. The average molecular weight is 284 g/mol. The molecular formula is C17H36N2O. The molecule has 0 spiro atoms. The zero-order valence-corrected chi connectivity index (χ0v) is 14.9. The summed E-state index contributed by atoms with van der Waals surface area (Å²) in [6, 6.07) is 0.418. The molecule has 0 saturated carbocycles. The summed E-state index contributed by atoms with van der Waals surface area (Å²) >= 11 is 0. The van der Waals surface area contributed by atoms with Gasteiger partial charge >= 0.3 is 0 Å². The van der Waals surface area contributed by atoms with Crippen LogP contribution in [-0.4, -0.2) is 48.8 Å². The van der Waals surface area contributed by atoms with Crippen molar-refractivity contribution < 1.29 is 4.74 Å². The zero-order valence-electron chi connectivity index (χ0n) is 14.9. The normalized spacial score (nSPS) is 29.9. The van der Waals surface area contributed by atoms with Gasteiger partial charge < -0.3 is 15.0 Å². The van der Waals surface area contributed by atoms with Crippen LogP contribution in [0.4, 0.5) is 0 Å². The highest BCUT2D eigenvalue weighted by Gasteiger charge is 2.53. The van der Waals surface area contributed by atoms with Crippen LogP contribution < -0.4 is 5.32 Å². The topological polar surface area (TPSA) is 24.5 Å². The van der Waals surface area contributed by atoms with E-state index < -0.39 is 0 Å². The van der Waals surface area contributed by atoms with Gasteiger partial charge in [0.2, 0.25) is 0 Å². The summed E-state index contributed by atoms with van der Waals surface area (Å²) in [7, 11) is 2.25. The highest BCUT2D eigenvalue weighted by Crippen LogP contribution is 2.42. The maximum absolute atomic E-state index is 6.36. The molecule has 0 aliphatic carbocycles. The van der Waals surface area contributed by atoms with Crippen LogP contribution in [-0.2, 0) is 4.74 Å². The third-order valence-electron chi connectivity index (χ3n) is 4.82. The van der Waals surface area contributed by atoms with Gasteiger partial charge in [-0.3, -0.25) is 0 Å². The second-order valence-electron chi connectivity index (χ2n) is 7.69. The van der Waals surface area contributed by atoms with Gasteiger partial charge in [-0.1, -0.05) is 27.2 Å². The van der Waals surface area contributed by atoms with Gasteiger partial charge in [-0.2, -0.15) is 0 Å². The number of hydrogen-bond donors (Lipinski definition) is 1. The maximum Gasteiger partial charge on any atom is 0.0790 e. The van der Waals surface area contributed by atoms with E-state index >= 15 is 0 Å². The fraction of sp³-hybridized carbons (Fsp3) is 1.00. The van der Waals surface area contributed by atoms with Crippen molar-refractivity contribution in [3.63, 3.8) is 0 Å². The van der Waals surface area contributed by atoms with E-state index in [9.17, 15) is 0 Å². The summed E-state index contributed by atoms with van der Waals surface area (Å²) in [5.41, 5.74) is -0.165. The van der Waals surface area contributed by atoms with Crippen molar-refractivity contribution in [2.75, 3.05) is 26.7 Å². The third-order valence-corrected chi connectivity index (χ3v) is 4.82. The smallest absolute Gasteiger partial charge is 0.0790 e. The van der Waals surface area contributed by atoms with E-state index in [0.717, 1.165) is 19.0 Å². The SMILES string of the molecule is CCNC1C(CN(C)CC(C)CC)C(C)(C)OC1(C)C. The van der Waals surface area contributed by atoms with Crippen LogP contribution in [0.25, 0.3) is 0 Å². The minimum atomic E-state index is -0.0958. The minimum absolute atomic E-state index is 0.0694. The molecule has 20 heavy (non-hydrogen) atoms. The van der Waals surface area contributed by atoms with Crippen molar-refractivity contribution in [3.8, 4) is 0 Å². The molecule has 3 atom stereocenters. The van der Waals surface area contributed by atoms with Crippen LogP contribution in [0.5, 0.6) is 0 Å². The Morgan fingerprint density at radius 1 is 1.15 bits per heavy atom. The van der Waals surface area contributed by atoms with Gasteiger partial charge in [-0.25, -0.2) is 0 Å². The van der Waals surface area contributed by atoms with Gasteiger partial charge in [-0.05, 0) is 47.2 Å². The van der Waals surface area contributed by atoms with E-state index in [-0.39, 0.29) is 11.2 Å². The fourth-order valence-corrected chi connectivity index (χ4v) is 3.71. The lowest BCUT2D eigenvalue weighted by Crippen LogP contribution is -2.50. The summed E-state index contributed by atoms with van der Waals surface area (Å²) in [5, 5.41) is 3.66. The molecule has 1 rings (SSSR count). The highest BCUT2D eigenvalue weighted by atomic mass is 16.5. The Bertz CT molecular complexity index is 301. The van der Waals surface area contributed by atoms with E-state index in [4.69, 9.17) is 4.74 Å². The Kier molecular flexibility index (Phi) is 6.06. The maximum atomic E-state index is 6.36. The second-order valence-corrected chi connectivity index (χ2v) is 7.69. The lowest BCUT2D eigenvalue weighted by Gasteiger charge is -2.34. The molecule has 1 saturated heterocycles. The predicted octanol–water partition coefficient (Wildman–Crippen LogP) is 3.15. The first-order valence-corrected chi connectivity index (χ1v) is 8.26. The highest BCUT2D eigenvalue weighted by molar-refractivity contribution is 5.05. The van der Waals surface area contributed by atoms with Crippen molar-refractivity contribution in [2.24, 2.45) is 11.8 Å². The summed E-state index contributed by atoms with van der Waals surface area (Å²) in [5.74, 6) is 1.28. The fourth-order valence-electron chi connectivity index (χ4n) is 3.71. The molecule has 0 aromatic heterocycles. The molecular weight excluding hydrogens is 248 g/mol. The largest absolute Gasteiger partial charge is 0.368 e. The van der Waals surface area contributed by atoms with E-state index in [1.165, 1.54) is 13.0 Å². The van der Waals surface area contributed by atoms with Gasteiger partial charge in [-0.15, -0.1) is 0 Å². The molecule has 3 unspecified atom stereocenters. The van der Waals surface area contributed by atoms with Crippen molar-refractivity contribution in [3.05, 3.63) is 0 Å². The van der Waals surface area contributed by atoms with Crippen molar-refractivity contribution in [1.82, 2.24) is 10.2 Å². The van der Waals surface area contributed by atoms with E-state index in [1.807, 2.05) is 0 Å². The number of ether oxygens (including phenoxy) is 1. The molecule has 0 bridgehead atoms. The van der Waals surface area contributed by atoms with Crippen LogP contribution in [0, 0.1) is 11.8 Å². The standard InChI is InChI=1S/C17H36N2O/c1-9-13(3)11-19(8)12-14-15(18-10-2)17(6,7)20-16(14,4)5/h13-15,18H,9-12H2,1-8H3. The second kappa shape index (κ2) is 6.76. The van der Waals surface area contributed by atoms with E-state index in [0.29, 0.717) is 12.0 Å². The van der Waals surface area contributed by atoms with Crippen LogP contribution >= 0.6 is 0 Å². The van der Waals surface area contributed by atoms with Gasteiger partial charge in [0.1, 0.15) is 0 Å². The summed E-state index contributed by atoms with van der Waals surface area (Å²) in [6.07, 6.45) is 1.25. The summed E-state index contributed by atoms with van der Waals surface area (Å²) in [6.45, 7) is 19.0. The average Bonchev–Trinajstić information content (AvgIpc) is 2.47. The predicted molar refractivity (Wildman–Crippen MR) is 87.1 cm³/mol. The minimum Gasteiger partial charge on any atom is -0.368 e. The van der Waals surface area contributed by atoms with E-state index in [1.54, 1.807) is 0 Å². The lowest BCUT2D eigenvalue weighted by atomic mass is 9.82. The van der Waals surface area contributed by atoms with Crippen LogP contribution in [0.2, 0.25) is 0 Å². The van der Waals surface area contributed by atoms with Crippen LogP contribution in [0.1, 0.15) is 54.9 Å². The first-order chi connectivity index (χ1) is 9.14. The molecule has 1 aliphatic rings. The zero-order chi connectivity index (χ0) is 15.6. The Labute approximate surface area is 126 Å². The number of nitrogens with one attached hydrogen (secondary N) is 1. The third kappa shape index (κ3) is 4.19. The molecule has 0 amide bonds. The first kappa shape index (κ1) is 17.9. The molecule has 120 valence electrons. The Balaban J connectivity index is 2.77. The number of nitrogens with zero attached hydrogens (tertiary/aromatic N) is 1. The van der Waals surface area contributed by atoms with Crippen molar-refractivity contribution >= 4 is 0 Å². The van der Waals surface area contributed by atoms with Gasteiger partial charge in [0, 0.05) is 25.0 Å². The molecule has 3 heteroatoms. The number of hydrogen-bond acceptors (Lipinski definition) is 3. The molecule has 0 aromatic rings. The molecule has 1 N–H and O–H groups in total.